The first-order valence-electron chi connectivity index (χ1n) is 11.1. The average Bonchev–Trinajstić information content (AvgIpc) is 2.83. The van der Waals surface area contributed by atoms with Crippen LogP contribution in [-0.4, -0.2) is 32.4 Å². The number of methoxy groups -OCH3 is 1. The second-order valence-electron chi connectivity index (χ2n) is 8.06. The van der Waals surface area contributed by atoms with Gasteiger partial charge in [0.25, 0.3) is 0 Å². The Hall–Kier alpha value is -3.54. The van der Waals surface area contributed by atoms with Gasteiger partial charge in [-0.15, -0.1) is 0 Å². The maximum atomic E-state index is 12.5. The molecule has 0 fully saturated rings. The van der Waals surface area contributed by atoms with Crippen LogP contribution in [0.15, 0.2) is 66.7 Å². The van der Waals surface area contributed by atoms with E-state index in [1.165, 1.54) is 0 Å². The van der Waals surface area contributed by atoms with Crippen LogP contribution in [0.1, 0.15) is 38.2 Å². The molecule has 3 rings (SSSR count). The zero-order valence-electron chi connectivity index (χ0n) is 19.3. The Morgan fingerprint density at radius 3 is 2.18 bits per heavy atom. The maximum Gasteiger partial charge on any atom is 0.513 e. The molecule has 0 aliphatic carbocycles. The molecule has 0 bridgehead atoms. The lowest BCUT2D eigenvalue weighted by Gasteiger charge is -2.15. The van der Waals surface area contributed by atoms with Crippen LogP contribution in [0.3, 0.4) is 0 Å². The van der Waals surface area contributed by atoms with E-state index in [0.717, 1.165) is 22.1 Å². The third-order valence-corrected chi connectivity index (χ3v) is 5.55. The summed E-state index contributed by atoms with van der Waals surface area (Å²) in [5.41, 5.74) is 0.913. The van der Waals surface area contributed by atoms with Crippen molar-refractivity contribution < 1.29 is 28.5 Å². The van der Waals surface area contributed by atoms with Gasteiger partial charge in [0.15, 0.2) is 0 Å². The fraction of sp³-hybridized carbons (Fsp3) is 0.333. The molecule has 6 nitrogen and oxygen atoms in total. The highest BCUT2D eigenvalue weighted by Gasteiger charge is 2.18. The molecule has 3 aromatic carbocycles. The van der Waals surface area contributed by atoms with Crippen molar-refractivity contribution in [3.63, 3.8) is 0 Å². The van der Waals surface area contributed by atoms with Gasteiger partial charge in [-0.05, 0) is 66.3 Å². The van der Waals surface area contributed by atoms with Gasteiger partial charge in [-0.1, -0.05) is 49.4 Å². The van der Waals surface area contributed by atoms with Gasteiger partial charge in [0.1, 0.15) is 11.5 Å². The second-order valence-corrected chi connectivity index (χ2v) is 8.06. The fourth-order valence-corrected chi connectivity index (χ4v) is 3.36. The monoisotopic (exact) mass is 450 g/mol. The molecule has 6 heteroatoms. The van der Waals surface area contributed by atoms with E-state index < -0.39 is 6.16 Å². The van der Waals surface area contributed by atoms with Crippen molar-refractivity contribution in [1.82, 2.24) is 0 Å². The number of hydrogen-bond donors (Lipinski definition) is 0. The Morgan fingerprint density at radius 1 is 0.788 bits per heavy atom. The molecule has 2 unspecified atom stereocenters. The van der Waals surface area contributed by atoms with E-state index in [1.54, 1.807) is 31.4 Å². The Bertz CT molecular complexity index is 1060. The lowest BCUT2D eigenvalue weighted by atomic mass is 9.98. The number of carbonyl (C=O) groups is 2. The first-order valence-corrected chi connectivity index (χ1v) is 11.1. The van der Waals surface area contributed by atoms with Gasteiger partial charge in [0, 0.05) is 0 Å². The van der Waals surface area contributed by atoms with Gasteiger partial charge < -0.3 is 18.9 Å². The minimum atomic E-state index is -0.720. The first kappa shape index (κ1) is 24.1. The molecule has 0 saturated carbocycles. The predicted octanol–water partition coefficient (Wildman–Crippen LogP) is 6.13. The van der Waals surface area contributed by atoms with E-state index in [4.69, 9.17) is 18.9 Å². The molecule has 2 atom stereocenters. The molecule has 0 saturated heterocycles. The normalized spacial score (nSPS) is 12.6. The van der Waals surface area contributed by atoms with Gasteiger partial charge in [0.2, 0.25) is 0 Å². The van der Waals surface area contributed by atoms with Crippen LogP contribution in [0.2, 0.25) is 0 Å². The summed E-state index contributed by atoms with van der Waals surface area (Å²) in [6, 6.07) is 20.6. The zero-order valence-corrected chi connectivity index (χ0v) is 19.3. The number of rotatable bonds is 10. The average molecular weight is 451 g/mol. The highest BCUT2D eigenvalue weighted by atomic mass is 16.7. The van der Waals surface area contributed by atoms with Gasteiger partial charge in [-0.25, -0.2) is 4.79 Å². The van der Waals surface area contributed by atoms with Crippen molar-refractivity contribution in [3.05, 3.63) is 72.3 Å². The van der Waals surface area contributed by atoms with Crippen LogP contribution in [0.25, 0.3) is 10.8 Å². The highest BCUT2D eigenvalue weighted by Crippen LogP contribution is 2.26. The van der Waals surface area contributed by atoms with Crippen LogP contribution >= 0.6 is 0 Å². The molecule has 0 aromatic heterocycles. The summed E-state index contributed by atoms with van der Waals surface area (Å²) in [5.74, 6) is 0.868. The summed E-state index contributed by atoms with van der Waals surface area (Å²) >= 11 is 0. The van der Waals surface area contributed by atoms with Gasteiger partial charge in [0.05, 0.1) is 26.2 Å². The lowest BCUT2D eigenvalue weighted by Crippen LogP contribution is -2.16. The van der Waals surface area contributed by atoms with E-state index in [0.29, 0.717) is 25.2 Å². The van der Waals surface area contributed by atoms with Crippen LogP contribution in [0.5, 0.6) is 11.5 Å². The maximum absolute atomic E-state index is 12.5. The molecule has 33 heavy (non-hydrogen) atoms. The summed E-state index contributed by atoms with van der Waals surface area (Å²) in [4.78, 5) is 24.2. The van der Waals surface area contributed by atoms with Crippen LogP contribution < -0.4 is 9.47 Å². The fourth-order valence-electron chi connectivity index (χ4n) is 3.36. The molecule has 0 spiro atoms. The lowest BCUT2D eigenvalue weighted by molar-refractivity contribution is -0.145. The minimum absolute atomic E-state index is 0.230. The summed E-state index contributed by atoms with van der Waals surface area (Å²) in [7, 11) is 1.64. The summed E-state index contributed by atoms with van der Waals surface area (Å²) < 4.78 is 20.9. The van der Waals surface area contributed by atoms with Gasteiger partial charge in [-0.2, -0.15) is 0 Å². The number of hydrogen-bond acceptors (Lipinski definition) is 6. The van der Waals surface area contributed by atoms with Gasteiger partial charge >= 0.3 is 12.1 Å². The standard InChI is InChI=1S/C27H30O6/c1-19(14-16-32-27(29)33-24-7-5-4-6-8-24)13-15-31-26(28)20(2)21-9-10-23-18-25(30-3)12-11-22(23)17-21/h4-12,17-20H,13-16H2,1-3H3. The Balaban J connectivity index is 1.37. The summed E-state index contributed by atoms with van der Waals surface area (Å²) in [5, 5.41) is 2.11. The van der Waals surface area contributed by atoms with E-state index in [9.17, 15) is 9.59 Å². The van der Waals surface area contributed by atoms with E-state index in [2.05, 4.69) is 0 Å². The molecule has 0 aliphatic heterocycles. The number of fused-ring (bicyclic) bond motifs is 1. The smallest absolute Gasteiger partial charge is 0.497 e. The minimum Gasteiger partial charge on any atom is -0.497 e. The Kier molecular flexibility index (Phi) is 8.70. The SMILES string of the molecule is COc1ccc2cc(C(C)C(=O)OCCC(C)CCOC(=O)Oc3ccccc3)ccc2c1. The first-order chi connectivity index (χ1) is 16.0. The largest absolute Gasteiger partial charge is 0.513 e. The third kappa shape index (κ3) is 7.24. The van der Waals surface area contributed by atoms with Crippen molar-refractivity contribution in [1.29, 1.82) is 0 Å². The molecule has 3 aromatic rings. The molecule has 0 N–H and O–H groups in total. The van der Waals surface area contributed by atoms with Crippen molar-refractivity contribution in [2.45, 2.75) is 32.6 Å². The van der Waals surface area contributed by atoms with E-state index in [-0.39, 0.29) is 24.4 Å². The van der Waals surface area contributed by atoms with Gasteiger partial charge in [-0.3, -0.25) is 4.79 Å². The van der Waals surface area contributed by atoms with Crippen molar-refractivity contribution in [2.24, 2.45) is 5.92 Å². The van der Waals surface area contributed by atoms with Crippen LogP contribution in [0, 0.1) is 5.92 Å². The van der Waals surface area contributed by atoms with Crippen LogP contribution in [0.4, 0.5) is 4.79 Å². The van der Waals surface area contributed by atoms with E-state index >= 15 is 0 Å². The van der Waals surface area contributed by atoms with Crippen molar-refractivity contribution >= 4 is 22.9 Å². The molecular weight excluding hydrogens is 420 g/mol. The molecule has 174 valence electrons. The molecule has 0 amide bonds. The number of ether oxygens (including phenoxy) is 4. The molecule has 0 heterocycles. The second kappa shape index (κ2) is 11.9. The molecule has 0 radical (unpaired) electrons. The number of esters is 1. The summed E-state index contributed by atoms with van der Waals surface area (Å²) in [6.07, 6.45) is 0.626. The van der Waals surface area contributed by atoms with Crippen LogP contribution in [-0.2, 0) is 14.3 Å². The number of benzene rings is 3. The number of carbonyl (C=O) groups excluding carboxylic acids is 2. The van der Waals surface area contributed by atoms with Crippen molar-refractivity contribution in [3.8, 4) is 11.5 Å². The summed E-state index contributed by atoms with van der Waals surface area (Å²) in [6.45, 7) is 4.45. The topological polar surface area (TPSA) is 71.1 Å². The van der Waals surface area contributed by atoms with E-state index in [1.807, 2.05) is 56.3 Å². The molecular formula is C27H30O6. The Labute approximate surface area is 194 Å². The third-order valence-electron chi connectivity index (χ3n) is 5.55. The Morgan fingerprint density at radius 2 is 1.45 bits per heavy atom. The highest BCUT2D eigenvalue weighted by molar-refractivity contribution is 5.86. The van der Waals surface area contributed by atoms with Crippen molar-refractivity contribution in [2.75, 3.05) is 20.3 Å². The molecule has 0 aliphatic rings. The number of para-hydroxylation sites is 1. The quantitative estimate of drug-likeness (QED) is 0.273. The predicted molar refractivity (Wildman–Crippen MR) is 127 cm³/mol. The zero-order chi connectivity index (χ0) is 23.6.